The van der Waals surface area contributed by atoms with Crippen LogP contribution in [0, 0.1) is 0 Å². The topological polar surface area (TPSA) is 43.1 Å². The average Bonchev–Trinajstić information content (AvgIpc) is 1.66. The van der Waals surface area contributed by atoms with Crippen molar-refractivity contribution < 1.29 is 4.79 Å². The zero-order valence-electron chi connectivity index (χ0n) is 5.98. The maximum absolute atomic E-state index is 9.22. The number of alkyl halides is 1. The molecule has 0 bridgehead atoms. The molecule has 56 valence electrons. The first kappa shape index (κ1) is 11.5. The average molecular weight is 152 g/mol. The quantitative estimate of drug-likeness (QED) is 0.598. The number of halogens is 1. The highest BCUT2D eigenvalue weighted by Crippen LogP contribution is 1.86. The van der Waals surface area contributed by atoms with Gasteiger partial charge in [-0.25, -0.2) is 0 Å². The normalized spacial score (nSPS) is 7.44. The molecule has 2 N–H and O–H groups in total. The number of rotatable bonds is 2. The van der Waals surface area contributed by atoms with Gasteiger partial charge >= 0.3 is 0 Å². The molecular weight excluding hydrogens is 138 g/mol. The first-order chi connectivity index (χ1) is 4.15. The second-order valence-electron chi connectivity index (χ2n) is 1.65. The number of primary amides is 1. The van der Waals surface area contributed by atoms with E-state index in [1.54, 1.807) is 0 Å². The van der Waals surface area contributed by atoms with Gasteiger partial charge in [0, 0.05) is 12.8 Å². The van der Waals surface area contributed by atoms with Crippen LogP contribution in [0.1, 0.15) is 26.7 Å². The fraction of sp³-hybridized carbons (Fsp3) is 0.833. The van der Waals surface area contributed by atoms with Gasteiger partial charge in [0.2, 0.25) is 5.91 Å². The van der Waals surface area contributed by atoms with Gasteiger partial charge in [-0.05, 0) is 6.42 Å². The van der Waals surface area contributed by atoms with E-state index in [1.165, 1.54) is 13.3 Å². The van der Waals surface area contributed by atoms with Gasteiger partial charge in [0.25, 0.3) is 0 Å². The zero-order valence-corrected chi connectivity index (χ0v) is 6.74. The summed E-state index contributed by atoms with van der Waals surface area (Å²) < 4.78 is 0. The van der Waals surface area contributed by atoms with Crippen LogP contribution in [0.25, 0.3) is 0 Å². The Kier molecular flexibility index (Phi) is 13.7. The monoisotopic (exact) mass is 151 g/mol. The Balaban J connectivity index is 0. The van der Waals surface area contributed by atoms with Crippen LogP contribution < -0.4 is 5.73 Å². The summed E-state index contributed by atoms with van der Waals surface area (Å²) in [5, 5.41) is 0. The van der Waals surface area contributed by atoms with E-state index in [-0.39, 0.29) is 5.91 Å². The van der Waals surface area contributed by atoms with Gasteiger partial charge in [0.15, 0.2) is 0 Å². The van der Waals surface area contributed by atoms with Crippen LogP contribution in [0.15, 0.2) is 0 Å². The molecule has 0 rings (SSSR count). The van der Waals surface area contributed by atoms with Gasteiger partial charge in [-0.2, -0.15) is 0 Å². The molecule has 0 spiro atoms. The van der Waals surface area contributed by atoms with Crippen LogP contribution in [0.4, 0.5) is 0 Å². The number of nitrogens with two attached hydrogens (primary N) is 1. The molecule has 0 fully saturated rings. The minimum Gasteiger partial charge on any atom is -0.370 e. The molecule has 1 amide bonds. The molecule has 0 unspecified atom stereocenters. The van der Waals surface area contributed by atoms with Gasteiger partial charge in [-0.3, -0.25) is 4.79 Å². The maximum Gasteiger partial charge on any atom is 0.214 e. The number of hydrogen-bond donors (Lipinski definition) is 1. The number of carbonyl (C=O) groups excluding carboxylic acids is 1. The highest BCUT2D eigenvalue weighted by atomic mass is 35.5. The number of hydrogen-bond acceptors (Lipinski definition) is 1. The standard InChI is InChI=1S/C4H9Cl.C2H5NO/c1-2-3-4-5;1-2(3)4/h2-4H2,1H3;1H3,(H2,3,4). The van der Waals surface area contributed by atoms with Crippen LogP contribution in [-0.4, -0.2) is 11.8 Å². The van der Waals surface area contributed by atoms with Crippen LogP contribution in [0.3, 0.4) is 0 Å². The minimum absolute atomic E-state index is 0.333. The van der Waals surface area contributed by atoms with Crippen molar-refractivity contribution in [2.45, 2.75) is 26.7 Å². The minimum atomic E-state index is -0.333. The number of amides is 1. The molecule has 2 nitrogen and oxygen atoms in total. The predicted octanol–water partition coefficient (Wildman–Crippen LogP) is 1.52. The SMILES string of the molecule is CC(N)=O.CCCCCl. The van der Waals surface area contributed by atoms with E-state index >= 15 is 0 Å². The van der Waals surface area contributed by atoms with Crippen molar-refractivity contribution >= 4 is 17.5 Å². The van der Waals surface area contributed by atoms with Gasteiger partial charge in [-0.15, -0.1) is 11.6 Å². The lowest BCUT2D eigenvalue weighted by molar-refractivity contribution is -0.115. The van der Waals surface area contributed by atoms with Gasteiger partial charge in [0.1, 0.15) is 0 Å². The predicted molar refractivity (Wildman–Crippen MR) is 40.5 cm³/mol. The molecule has 0 saturated carbocycles. The molecule has 0 heterocycles. The van der Waals surface area contributed by atoms with E-state index in [2.05, 4.69) is 12.7 Å². The fourth-order valence-electron chi connectivity index (χ4n) is 0.134. The summed E-state index contributed by atoms with van der Waals surface area (Å²) in [5.41, 5.74) is 4.47. The van der Waals surface area contributed by atoms with E-state index in [9.17, 15) is 4.79 Å². The van der Waals surface area contributed by atoms with Crippen molar-refractivity contribution in [2.24, 2.45) is 5.73 Å². The van der Waals surface area contributed by atoms with Gasteiger partial charge < -0.3 is 5.73 Å². The van der Waals surface area contributed by atoms with Crippen LogP contribution in [0.5, 0.6) is 0 Å². The molecule has 0 aliphatic carbocycles. The van der Waals surface area contributed by atoms with Crippen LogP contribution in [0.2, 0.25) is 0 Å². The summed E-state index contributed by atoms with van der Waals surface area (Å²) in [4.78, 5) is 9.22. The van der Waals surface area contributed by atoms with Crippen molar-refractivity contribution in [3.8, 4) is 0 Å². The largest absolute Gasteiger partial charge is 0.370 e. The third-order valence-electron chi connectivity index (χ3n) is 0.487. The molecule has 0 aromatic heterocycles. The van der Waals surface area contributed by atoms with Crippen molar-refractivity contribution in [1.82, 2.24) is 0 Å². The molecule has 0 atom stereocenters. The molecule has 0 radical (unpaired) electrons. The van der Waals surface area contributed by atoms with Crippen molar-refractivity contribution in [3.05, 3.63) is 0 Å². The first-order valence-electron chi connectivity index (χ1n) is 2.97. The second kappa shape index (κ2) is 10.7. The number of unbranched alkanes of at least 4 members (excludes halogenated alkanes) is 1. The van der Waals surface area contributed by atoms with Crippen molar-refractivity contribution in [2.75, 3.05) is 5.88 Å². The molecule has 0 aliphatic rings. The molecule has 0 aromatic rings. The van der Waals surface area contributed by atoms with E-state index in [1.807, 2.05) is 0 Å². The highest BCUT2D eigenvalue weighted by molar-refractivity contribution is 6.17. The van der Waals surface area contributed by atoms with Crippen molar-refractivity contribution in [1.29, 1.82) is 0 Å². The van der Waals surface area contributed by atoms with Crippen molar-refractivity contribution in [3.63, 3.8) is 0 Å². The Bertz CT molecular complexity index is 60.1. The summed E-state index contributed by atoms with van der Waals surface area (Å²) in [5.74, 6) is 0.483. The first-order valence-corrected chi connectivity index (χ1v) is 3.50. The molecule has 3 heteroatoms. The maximum atomic E-state index is 9.22. The lowest BCUT2D eigenvalue weighted by Crippen LogP contribution is -2.01. The van der Waals surface area contributed by atoms with E-state index in [0.717, 1.165) is 12.3 Å². The summed E-state index contributed by atoms with van der Waals surface area (Å²) >= 11 is 5.30. The Morgan fingerprint density at radius 3 is 2.00 bits per heavy atom. The smallest absolute Gasteiger partial charge is 0.214 e. The Morgan fingerprint density at radius 1 is 1.67 bits per heavy atom. The summed E-state index contributed by atoms with van der Waals surface area (Å²) in [7, 11) is 0. The Hall–Kier alpha value is -0.240. The summed E-state index contributed by atoms with van der Waals surface area (Å²) in [6.07, 6.45) is 2.37. The molecule has 0 aliphatic heterocycles. The molecular formula is C6H14ClNO. The lowest BCUT2D eigenvalue weighted by atomic mass is 10.4. The van der Waals surface area contributed by atoms with Gasteiger partial charge in [-0.1, -0.05) is 13.3 Å². The summed E-state index contributed by atoms with van der Waals surface area (Å²) in [6, 6.07) is 0. The van der Waals surface area contributed by atoms with Crippen LogP contribution in [-0.2, 0) is 4.79 Å². The Labute approximate surface area is 61.4 Å². The number of carbonyl (C=O) groups is 1. The van der Waals surface area contributed by atoms with E-state index < -0.39 is 0 Å². The van der Waals surface area contributed by atoms with Crippen LogP contribution >= 0.6 is 11.6 Å². The third kappa shape index (κ3) is 83.1. The van der Waals surface area contributed by atoms with E-state index in [4.69, 9.17) is 11.6 Å². The Morgan fingerprint density at radius 2 is 2.00 bits per heavy atom. The highest BCUT2D eigenvalue weighted by Gasteiger charge is 1.70. The molecule has 9 heavy (non-hydrogen) atoms. The van der Waals surface area contributed by atoms with Gasteiger partial charge in [0.05, 0.1) is 0 Å². The second-order valence-corrected chi connectivity index (χ2v) is 2.03. The molecule has 0 saturated heterocycles. The summed E-state index contributed by atoms with van der Waals surface area (Å²) in [6.45, 7) is 3.43. The zero-order chi connectivity index (χ0) is 7.70. The third-order valence-corrected chi connectivity index (χ3v) is 0.754. The molecule has 0 aromatic carbocycles. The lowest BCUT2D eigenvalue weighted by Gasteiger charge is -1.77. The van der Waals surface area contributed by atoms with E-state index in [0.29, 0.717) is 0 Å². The fourth-order valence-corrected chi connectivity index (χ4v) is 0.401.